The van der Waals surface area contributed by atoms with E-state index in [0.29, 0.717) is 6.04 Å². The van der Waals surface area contributed by atoms with Crippen LogP contribution in [0.1, 0.15) is 45.2 Å². The van der Waals surface area contributed by atoms with E-state index in [0.717, 1.165) is 19.4 Å². The molecule has 2 atom stereocenters. The second-order valence-electron chi connectivity index (χ2n) is 6.18. The van der Waals surface area contributed by atoms with Crippen molar-refractivity contribution in [2.45, 2.75) is 45.2 Å². The number of likely N-dealkylation sites (N-methyl/N-ethyl adjacent to an activating group) is 1. The van der Waals surface area contributed by atoms with Crippen LogP contribution in [0.2, 0.25) is 0 Å². The van der Waals surface area contributed by atoms with Gasteiger partial charge in [0.2, 0.25) is 0 Å². The fourth-order valence-corrected chi connectivity index (χ4v) is 3.92. The molecule has 0 aliphatic heterocycles. The number of hydrogen-bond acceptors (Lipinski definition) is 3. The fourth-order valence-electron chi connectivity index (χ4n) is 2.98. The van der Waals surface area contributed by atoms with Crippen molar-refractivity contribution in [1.29, 1.82) is 0 Å². The Hall–Kier alpha value is -0.900. The van der Waals surface area contributed by atoms with Crippen LogP contribution in [0, 0.1) is 0 Å². The smallest absolute Gasteiger partial charge is 0.0518 e. The van der Waals surface area contributed by atoms with Gasteiger partial charge in [0.25, 0.3) is 0 Å². The van der Waals surface area contributed by atoms with Gasteiger partial charge in [-0.05, 0) is 62.8 Å². The minimum absolute atomic E-state index is 0.105. The summed E-state index contributed by atoms with van der Waals surface area (Å²) in [7, 11) is 4.39. The molecule has 1 aromatic carbocycles. The number of rotatable bonds is 7. The maximum atomic E-state index is 3.81. The quantitative estimate of drug-likeness (QED) is 0.799. The second kappa shape index (κ2) is 6.91. The van der Waals surface area contributed by atoms with Crippen LogP contribution in [0.5, 0.6) is 0 Å². The fraction of sp³-hybridized carbons (Fsp3) is 0.556. The van der Waals surface area contributed by atoms with Crippen LogP contribution in [0.3, 0.4) is 0 Å². The van der Waals surface area contributed by atoms with Crippen LogP contribution in [0.4, 0.5) is 0 Å². The van der Waals surface area contributed by atoms with Crippen molar-refractivity contribution in [2.24, 2.45) is 0 Å². The van der Waals surface area contributed by atoms with Crippen molar-refractivity contribution in [3.63, 3.8) is 0 Å². The number of hydrogen-bond donors (Lipinski definition) is 1. The van der Waals surface area contributed by atoms with E-state index in [1.54, 1.807) is 0 Å². The summed E-state index contributed by atoms with van der Waals surface area (Å²) >= 11 is 1.86. The van der Waals surface area contributed by atoms with Crippen molar-refractivity contribution in [3.8, 4) is 0 Å². The lowest BCUT2D eigenvalue weighted by Gasteiger charge is -2.43. The van der Waals surface area contributed by atoms with Gasteiger partial charge in [0.05, 0.1) is 6.04 Å². The Labute approximate surface area is 133 Å². The highest BCUT2D eigenvalue weighted by atomic mass is 32.1. The van der Waals surface area contributed by atoms with Gasteiger partial charge in [0.15, 0.2) is 0 Å². The Morgan fingerprint density at radius 1 is 1.24 bits per heavy atom. The average Bonchev–Trinajstić information content (AvgIpc) is 2.96. The maximum Gasteiger partial charge on any atom is 0.0518 e. The van der Waals surface area contributed by atoms with Crippen LogP contribution in [0.25, 0.3) is 10.1 Å². The number of nitrogens with one attached hydrogen (secondary N) is 1. The van der Waals surface area contributed by atoms with Crippen LogP contribution in [-0.4, -0.2) is 31.1 Å². The first-order chi connectivity index (χ1) is 10.0. The van der Waals surface area contributed by atoms with E-state index in [1.807, 2.05) is 11.3 Å². The topological polar surface area (TPSA) is 15.3 Å². The van der Waals surface area contributed by atoms with E-state index in [2.05, 4.69) is 74.7 Å². The van der Waals surface area contributed by atoms with Crippen LogP contribution in [0.15, 0.2) is 29.6 Å². The van der Waals surface area contributed by atoms with Crippen molar-refractivity contribution in [3.05, 3.63) is 35.2 Å². The van der Waals surface area contributed by atoms with Gasteiger partial charge in [0, 0.05) is 10.2 Å². The summed E-state index contributed by atoms with van der Waals surface area (Å²) in [5.74, 6) is 0. The Balaban J connectivity index is 2.51. The Morgan fingerprint density at radius 3 is 2.62 bits per heavy atom. The molecule has 2 unspecified atom stereocenters. The van der Waals surface area contributed by atoms with Crippen LogP contribution >= 0.6 is 11.3 Å². The molecule has 0 aliphatic rings. The molecule has 1 heterocycles. The number of fused-ring (bicyclic) bond motifs is 1. The summed E-state index contributed by atoms with van der Waals surface area (Å²) < 4.78 is 1.42. The number of nitrogens with zero attached hydrogens (tertiary/aromatic N) is 1. The Morgan fingerprint density at radius 2 is 2.00 bits per heavy atom. The molecule has 0 saturated carbocycles. The number of thiophene rings is 1. The molecule has 0 aliphatic carbocycles. The molecule has 21 heavy (non-hydrogen) atoms. The molecular formula is C18H28N2S. The second-order valence-corrected chi connectivity index (χ2v) is 7.09. The van der Waals surface area contributed by atoms with Gasteiger partial charge in [-0.1, -0.05) is 32.0 Å². The van der Waals surface area contributed by atoms with E-state index in [1.165, 1.54) is 15.6 Å². The van der Waals surface area contributed by atoms with Gasteiger partial charge < -0.3 is 10.2 Å². The predicted octanol–water partition coefficient (Wildman–Crippen LogP) is 4.67. The zero-order valence-corrected chi connectivity index (χ0v) is 14.8. The third-order valence-corrected chi connectivity index (χ3v) is 5.76. The summed E-state index contributed by atoms with van der Waals surface area (Å²) in [6, 6.07) is 9.27. The molecule has 0 saturated heterocycles. The largest absolute Gasteiger partial charge is 0.308 e. The van der Waals surface area contributed by atoms with E-state index < -0.39 is 0 Å². The molecule has 0 spiro atoms. The van der Waals surface area contributed by atoms with Crippen LogP contribution in [-0.2, 0) is 0 Å². The summed E-state index contributed by atoms with van der Waals surface area (Å²) in [4.78, 5) is 2.37. The van der Waals surface area contributed by atoms with Gasteiger partial charge in [0.1, 0.15) is 0 Å². The highest BCUT2D eigenvalue weighted by Gasteiger charge is 2.36. The van der Waals surface area contributed by atoms with Gasteiger partial charge in [-0.15, -0.1) is 11.3 Å². The molecule has 0 bridgehead atoms. The van der Waals surface area contributed by atoms with Crippen molar-refractivity contribution in [2.75, 3.05) is 20.6 Å². The summed E-state index contributed by atoms with van der Waals surface area (Å²) in [5, 5.41) is 7.36. The molecule has 1 aromatic heterocycles. The summed E-state index contributed by atoms with van der Waals surface area (Å²) in [5.41, 5.74) is 1.54. The molecule has 0 fully saturated rings. The van der Waals surface area contributed by atoms with Gasteiger partial charge in [-0.25, -0.2) is 0 Å². The average molecular weight is 305 g/mol. The maximum absolute atomic E-state index is 3.81. The Bertz CT molecular complexity index is 575. The molecule has 1 N–H and O–H groups in total. The van der Waals surface area contributed by atoms with Gasteiger partial charge in [-0.2, -0.15) is 0 Å². The SMILES string of the molecule is CCCNC(c1cccc2ccsc12)C(C)(CC)N(C)C. The lowest BCUT2D eigenvalue weighted by Crippen LogP contribution is -2.51. The Kier molecular flexibility index (Phi) is 5.42. The van der Waals surface area contributed by atoms with E-state index in [-0.39, 0.29) is 5.54 Å². The molecular weight excluding hydrogens is 276 g/mol. The molecule has 2 rings (SSSR count). The lowest BCUT2D eigenvalue weighted by molar-refractivity contribution is 0.113. The summed E-state index contributed by atoms with van der Waals surface area (Å²) in [6.07, 6.45) is 2.27. The van der Waals surface area contributed by atoms with Crippen LogP contribution < -0.4 is 5.32 Å². The first-order valence-corrected chi connectivity index (χ1v) is 8.79. The molecule has 0 amide bonds. The van der Waals surface area contributed by atoms with Crippen molar-refractivity contribution in [1.82, 2.24) is 10.2 Å². The van der Waals surface area contributed by atoms with E-state index in [4.69, 9.17) is 0 Å². The molecule has 3 heteroatoms. The zero-order valence-electron chi connectivity index (χ0n) is 13.9. The monoisotopic (exact) mass is 304 g/mol. The summed E-state index contributed by atoms with van der Waals surface area (Å²) in [6.45, 7) is 7.94. The molecule has 116 valence electrons. The minimum Gasteiger partial charge on any atom is -0.308 e. The molecule has 0 radical (unpaired) electrons. The standard InChI is InChI=1S/C18H28N2S/c1-6-12-19-17(18(3,7-2)20(4)5)15-10-8-9-14-11-13-21-16(14)15/h8-11,13,17,19H,6-7,12H2,1-5H3. The predicted molar refractivity (Wildman–Crippen MR) is 95.2 cm³/mol. The van der Waals surface area contributed by atoms with E-state index >= 15 is 0 Å². The zero-order chi connectivity index (χ0) is 15.5. The van der Waals surface area contributed by atoms with Crippen molar-refractivity contribution < 1.29 is 0 Å². The highest BCUT2D eigenvalue weighted by Crippen LogP contribution is 2.38. The third kappa shape index (κ3) is 3.15. The minimum atomic E-state index is 0.105. The lowest BCUT2D eigenvalue weighted by atomic mass is 9.83. The molecule has 2 aromatic rings. The normalized spacial score (nSPS) is 16.3. The van der Waals surface area contributed by atoms with Crippen molar-refractivity contribution >= 4 is 21.4 Å². The first-order valence-electron chi connectivity index (χ1n) is 7.91. The first kappa shape index (κ1) is 16.5. The highest BCUT2D eigenvalue weighted by molar-refractivity contribution is 7.17. The molecule has 2 nitrogen and oxygen atoms in total. The number of benzene rings is 1. The third-order valence-electron chi connectivity index (χ3n) is 4.78. The van der Waals surface area contributed by atoms with Gasteiger partial charge >= 0.3 is 0 Å². The van der Waals surface area contributed by atoms with Gasteiger partial charge in [-0.3, -0.25) is 0 Å². The van der Waals surface area contributed by atoms with E-state index in [9.17, 15) is 0 Å².